The fourth-order valence-electron chi connectivity index (χ4n) is 3.86. The van der Waals surface area contributed by atoms with Crippen molar-refractivity contribution in [3.63, 3.8) is 0 Å². The molecule has 1 atom stereocenters. The van der Waals surface area contributed by atoms with E-state index in [0.29, 0.717) is 45.6 Å². The van der Waals surface area contributed by atoms with Gasteiger partial charge >= 0.3 is 5.97 Å². The summed E-state index contributed by atoms with van der Waals surface area (Å²) in [7, 11) is 0. The Morgan fingerprint density at radius 1 is 1.33 bits per heavy atom. The first kappa shape index (κ1) is 23.4. The average molecular weight is 472 g/mol. The number of rotatable bonds is 10. The second-order valence-electron chi connectivity index (χ2n) is 8.36. The highest BCUT2D eigenvalue weighted by Gasteiger charge is 2.31. The Hall–Kier alpha value is -2.75. The number of aryl methyl sites for hydroxylation is 2. The SMILES string of the molecule is CCOC(=O)c1sc2nc(CN(C[C@H](O)COc3ccccc3C)C3CC3)[nH]c(=O)c2c1C. The first-order valence-corrected chi connectivity index (χ1v) is 12.0. The highest BCUT2D eigenvalue weighted by molar-refractivity contribution is 7.20. The van der Waals surface area contributed by atoms with Gasteiger partial charge in [0, 0.05) is 12.6 Å². The van der Waals surface area contributed by atoms with Crippen LogP contribution in [0.2, 0.25) is 0 Å². The van der Waals surface area contributed by atoms with Crippen LogP contribution in [0.3, 0.4) is 0 Å². The highest BCUT2D eigenvalue weighted by atomic mass is 32.1. The van der Waals surface area contributed by atoms with E-state index in [1.54, 1.807) is 13.8 Å². The van der Waals surface area contributed by atoms with Crippen molar-refractivity contribution in [2.45, 2.75) is 52.3 Å². The number of fused-ring (bicyclic) bond motifs is 1. The molecule has 1 aliphatic rings. The van der Waals surface area contributed by atoms with Gasteiger partial charge in [0.1, 0.15) is 34.0 Å². The van der Waals surface area contributed by atoms with Crippen molar-refractivity contribution in [1.29, 1.82) is 0 Å². The standard InChI is InChI=1S/C24H29N3O5S/c1-4-31-24(30)21-15(3)20-22(29)25-19(26-23(20)33-21)12-27(16-9-10-16)11-17(28)13-32-18-8-6-5-7-14(18)2/h5-8,16-17,28H,4,9-13H2,1-3H3,(H,25,26,29)/t17-/m0/s1. The van der Waals surface area contributed by atoms with Crippen LogP contribution in [0.4, 0.5) is 0 Å². The van der Waals surface area contributed by atoms with Gasteiger partial charge in [-0.05, 0) is 50.8 Å². The van der Waals surface area contributed by atoms with Crippen molar-refractivity contribution >= 4 is 27.5 Å². The Labute approximate surface area is 196 Å². The minimum absolute atomic E-state index is 0.185. The van der Waals surface area contributed by atoms with Crippen LogP contribution >= 0.6 is 11.3 Å². The van der Waals surface area contributed by atoms with Gasteiger partial charge in [-0.25, -0.2) is 9.78 Å². The number of aliphatic hydroxyl groups excluding tert-OH is 1. The number of carbonyl (C=O) groups is 1. The summed E-state index contributed by atoms with van der Waals surface area (Å²) in [6.45, 7) is 6.73. The zero-order valence-corrected chi connectivity index (χ0v) is 19.9. The molecule has 2 aromatic heterocycles. The normalized spacial score (nSPS) is 14.6. The van der Waals surface area contributed by atoms with Crippen LogP contribution in [0, 0.1) is 13.8 Å². The smallest absolute Gasteiger partial charge is 0.348 e. The van der Waals surface area contributed by atoms with Crippen LogP contribution in [0.5, 0.6) is 5.75 Å². The number of benzene rings is 1. The topological polar surface area (TPSA) is 105 Å². The molecule has 0 saturated heterocycles. The molecule has 0 radical (unpaired) electrons. The van der Waals surface area contributed by atoms with E-state index >= 15 is 0 Å². The molecule has 2 heterocycles. The maximum Gasteiger partial charge on any atom is 0.348 e. The molecule has 1 saturated carbocycles. The number of carbonyl (C=O) groups excluding carboxylic acids is 1. The van der Waals surface area contributed by atoms with Crippen molar-refractivity contribution in [2.24, 2.45) is 0 Å². The molecule has 4 rings (SSSR count). The number of esters is 1. The van der Waals surface area contributed by atoms with Crippen LogP contribution in [-0.2, 0) is 11.3 Å². The molecule has 1 fully saturated rings. The lowest BCUT2D eigenvalue weighted by Gasteiger charge is -2.24. The lowest BCUT2D eigenvalue weighted by atomic mass is 10.2. The number of para-hydroxylation sites is 1. The van der Waals surface area contributed by atoms with Crippen molar-refractivity contribution in [1.82, 2.24) is 14.9 Å². The molecule has 8 nitrogen and oxygen atoms in total. The molecule has 33 heavy (non-hydrogen) atoms. The molecule has 1 aromatic carbocycles. The Bertz CT molecular complexity index is 1200. The van der Waals surface area contributed by atoms with Crippen molar-refractivity contribution in [2.75, 3.05) is 19.8 Å². The summed E-state index contributed by atoms with van der Waals surface area (Å²) in [5, 5.41) is 11.0. The van der Waals surface area contributed by atoms with Crippen LogP contribution < -0.4 is 10.3 Å². The largest absolute Gasteiger partial charge is 0.491 e. The van der Waals surface area contributed by atoms with Gasteiger partial charge in [0.05, 0.1) is 18.5 Å². The van der Waals surface area contributed by atoms with E-state index in [-0.39, 0.29) is 18.8 Å². The number of aromatic nitrogens is 2. The number of nitrogens with zero attached hydrogens (tertiary/aromatic N) is 2. The van der Waals surface area contributed by atoms with Crippen molar-refractivity contribution in [3.8, 4) is 5.75 Å². The minimum atomic E-state index is -0.681. The maximum absolute atomic E-state index is 12.8. The maximum atomic E-state index is 12.8. The van der Waals surface area contributed by atoms with Crippen LogP contribution in [0.25, 0.3) is 10.2 Å². The highest BCUT2D eigenvalue weighted by Crippen LogP contribution is 2.30. The van der Waals surface area contributed by atoms with Crippen molar-refractivity contribution in [3.05, 3.63) is 56.4 Å². The van der Waals surface area contributed by atoms with E-state index in [0.717, 1.165) is 24.2 Å². The lowest BCUT2D eigenvalue weighted by Crippen LogP contribution is -2.37. The van der Waals surface area contributed by atoms with Gasteiger partial charge in [-0.2, -0.15) is 0 Å². The number of hydrogen-bond donors (Lipinski definition) is 2. The van der Waals surface area contributed by atoms with Gasteiger partial charge in [-0.1, -0.05) is 18.2 Å². The Balaban J connectivity index is 1.47. The van der Waals surface area contributed by atoms with E-state index in [2.05, 4.69) is 14.9 Å². The third-order valence-corrected chi connectivity index (χ3v) is 6.86. The van der Waals surface area contributed by atoms with Crippen LogP contribution in [0.15, 0.2) is 29.1 Å². The van der Waals surface area contributed by atoms with E-state index < -0.39 is 12.1 Å². The van der Waals surface area contributed by atoms with Gasteiger partial charge in [0.25, 0.3) is 5.56 Å². The van der Waals surface area contributed by atoms with E-state index in [9.17, 15) is 14.7 Å². The molecule has 0 amide bonds. The molecular formula is C24H29N3O5S. The number of ether oxygens (including phenoxy) is 2. The van der Waals surface area contributed by atoms with Crippen molar-refractivity contribution < 1.29 is 19.4 Å². The lowest BCUT2D eigenvalue weighted by molar-refractivity contribution is 0.0531. The second kappa shape index (κ2) is 10.0. The van der Waals surface area contributed by atoms with Gasteiger partial charge in [-0.3, -0.25) is 9.69 Å². The fourth-order valence-corrected chi connectivity index (χ4v) is 4.95. The van der Waals surface area contributed by atoms with Gasteiger partial charge in [-0.15, -0.1) is 11.3 Å². The summed E-state index contributed by atoms with van der Waals surface area (Å²) >= 11 is 1.18. The first-order chi connectivity index (χ1) is 15.9. The third-order valence-electron chi connectivity index (χ3n) is 5.70. The van der Waals surface area contributed by atoms with E-state index in [4.69, 9.17) is 9.47 Å². The van der Waals surface area contributed by atoms with E-state index in [1.165, 1.54) is 11.3 Å². The Morgan fingerprint density at radius 2 is 2.09 bits per heavy atom. The molecule has 1 aliphatic carbocycles. The molecule has 3 aromatic rings. The van der Waals surface area contributed by atoms with Gasteiger partial charge in [0.15, 0.2) is 0 Å². The predicted molar refractivity (Wildman–Crippen MR) is 127 cm³/mol. The summed E-state index contributed by atoms with van der Waals surface area (Å²) in [6.07, 6.45) is 1.41. The molecule has 9 heteroatoms. The molecule has 2 N–H and O–H groups in total. The quantitative estimate of drug-likeness (QED) is 0.438. The molecule has 0 aliphatic heterocycles. The molecular weight excluding hydrogens is 442 g/mol. The molecule has 0 spiro atoms. The minimum Gasteiger partial charge on any atom is -0.491 e. The van der Waals surface area contributed by atoms with Gasteiger partial charge < -0.3 is 19.6 Å². The average Bonchev–Trinajstić information content (AvgIpc) is 3.56. The molecule has 0 unspecified atom stereocenters. The van der Waals surface area contributed by atoms with Gasteiger partial charge in [0.2, 0.25) is 0 Å². The zero-order chi connectivity index (χ0) is 23.5. The number of H-pyrrole nitrogens is 1. The number of hydrogen-bond acceptors (Lipinski definition) is 8. The van der Waals surface area contributed by atoms with Crippen LogP contribution in [-0.4, -0.2) is 57.8 Å². The zero-order valence-electron chi connectivity index (χ0n) is 19.1. The van der Waals surface area contributed by atoms with E-state index in [1.807, 2.05) is 31.2 Å². The summed E-state index contributed by atoms with van der Waals surface area (Å²) < 4.78 is 10.9. The fraction of sp³-hybridized carbons (Fsp3) is 0.458. The summed E-state index contributed by atoms with van der Waals surface area (Å²) in [5.41, 5.74) is 1.35. The monoisotopic (exact) mass is 471 g/mol. The predicted octanol–water partition coefficient (Wildman–Crippen LogP) is 3.18. The molecule has 176 valence electrons. The summed E-state index contributed by atoms with van der Waals surface area (Å²) in [6, 6.07) is 8.05. The number of thiophene rings is 1. The number of nitrogens with one attached hydrogen (secondary N) is 1. The second-order valence-corrected chi connectivity index (χ2v) is 9.36. The summed E-state index contributed by atoms with van der Waals surface area (Å²) in [5.74, 6) is 0.842. The number of aliphatic hydroxyl groups is 1. The van der Waals surface area contributed by atoms with Crippen LogP contribution in [0.1, 0.15) is 46.4 Å². The first-order valence-electron chi connectivity index (χ1n) is 11.2. The molecule has 0 bridgehead atoms. The Kier molecular flexibility index (Phi) is 7.11. The number of aromatic amines is 1. The summed E-state index contributed by atoms with van der Waals surface area (Å²) in [4.78, 5) is 35.5. The Morgan fingerprint density at radius 3 is 2.79 bits per heavy atom. The third kappa shape index (κ3) is 5.43.